The summed E-state index contributed by atoms with van der Waals surface area (Å²) in [7, 11) is 3.02. The molecule has 2 aromatic carbocycles. The average Bonchev–Trinajstić information content (AvgIpc) is 3.25. The van der Waals surface area contributed by atoms with Crippen LogP contribution < -0.4 is 14.2 Å². The molecular formula is C22H18O5S. The topological polar surface area (TPSA) is 61.8 Å². The van der Waals surface area contributed by atoms with Crippen molar-refractivity contribution in [2.75, 3.05) is 14.2 Å². The summed E-state index contributed by atoms with van der Waals surface area (Å²) < 4.78 is 15.8. The Labute approximate surface area is 166 Å². The molecule has 0 amide bonds. The van der Waals surface area contributed by atoms with E-state index in [1.165, 1.54) is 37.7 Å². The lowest BCUT2D eigenvalue weighted by Crippen LogP contribution is -2.11. The van der Waals surface area contributed by atoms with Gasteiger partial charge >= 0.3 is 5.97 Å². The van der Waals surface area contributed by atoms with Crippen LogP contribution in [0.15, 0.2) is 66.1 Å². The first-order chi connectivity index (χ1) is 13.6. The van der Waals surface area contributed by atoms with E-state index in [1.807, 2.05) is 17.5 Å². The fraction of sp³-hybridized carbons (Fsp3) is 0.0909. The van der Waals surface area contributed by atoms with E-state index in [0.717, 1.165) is 4.88 Å². The third kappa shape index (κ3) is 4.66. The summed E-state index contributed by atoms with van der Waals surface area (Å²) in [5.41, 5.74) is 0.583. The quantitative estimate of drug-likeness (QED) is 0.247. The average molecular weight is 394 g/mol. The number of carbonyl (C=O) groups is 2. The Morgan fingerprint density at radius 3 is 2.43 bits per heavy atom. The van der Waals surface area contributed by atoms with Crippen molar-refractivity contribution in [2.24, 2.45) is 0 Å². The lowest BCUT2D eigenvalue weighted by Gasteiger charge is -2.11. The van der Waals surface area contributed by atoms with Crippen LogP contribution in [0.2, 0.25) is 0 Å². The van der Waals surface area contributed by atoms with E-state index in [9.17, 15) is 9.59 Å². The Kier molecular flexibility index (Phi) is 6.24. The molecule has 0 aliphatic carbocycles. The first-order valence-electron chi connectivity index (χ1n) is 8.41. The molecule has 1 aromatic heterocycles. The Hall–Kier alpha value is -3.38. The van der Waals surface area contributed by atoms with Gasteiger partial charge in [-0.3, -0.25) is 4.79 Å². The van der Waals surface area contributed by atoms with Gasteiger partial charge in [-0.1, -0.05) is 12.1 Å². The van der Waals surface area contributed by atoms with E-state index in [4.69, 9.17) is 14.2 Å². The summed E-state index contributed by atoms with van der Waals surface area (Å²) in [4.78, 5) is 26.2. The number of rotatable bonds is 7. The lowest BCUT2D eigenvalue weighted by molar-refractivity contribution is 0.0732. The van der Waals surface area contributed by atoms with Crippen LogP contribution in [0.1, 0.15) is 25.6 Å². The molecule has 0 saturated heterocycles. The highest BCUT2D eigenvalue weighted by Crippen LogP contribution is 2.27. The maximum Gasteiger partial charge on any atom is 0.343 e. The number of hydrogen-bond donors (Lipinski definition) is 0. The SMILES string of the molecule is COc1cccc(C(=O)Oc2cc(OC)ccc2C(=O)/C=C/c2cccs2)c1. The highest BCUT2D eigenvalue weighted by atomic mass is 32.1. The maximum atomic E-state index is 12.6. The second kappa shape index (κ2) is 9.01. The van der Waals surface area contributed by atoms with Gasteiger partial charge in [0.1, 0.15) is 17.2 Å². The van der Waals surface area contributed by atoms with Gasteiger partial charge in [-0.05, 0) is 53.9 Å². The highest BCUT2D eigenvalue weighted by molar-refractivity contribution is 7.10. The molecule has 3 aromatic rings. The molecule has 0 aliphatic heterocycles. The van der Waals surface area contributed by atoms with Crippen LogP contribution in [0.4, 0.5) is 0 Å². The van der Waals surface area contributed by atoms with Crippen LogP contribution in [-0.4, -0.2) is 26.0 Å². The largest absolute Gasteiger partial charge is 0.497 e. The number of benzene rings is 2. The number of carbonyl (C=O) groups excluding carboxylic acids is 2. The summed E-state index contributed by atoms with van der Waals surface area (Å²) in [6.07, 6.45) is 3.18. The standard InChI is InChI=1S/C22H18O5S/c1-25-16-6-3-5-15(13-16)22(24)27-21-14-17(26-2)8-10-19(21)20(23)11-9-18-7-4-12-28-18/h3-14H,1-2H3/b11-9+. The first-order valence-corrected chi connectivity index (χ1v) is 9.29. The third-order valence-corrected chi connectivity index (χ3v) is 4.74. The van der Waals surface area contributed by atoms with Crippen molar-refractivity contribution < 1.29 is 23.8 Å². The van der Waals surface area contributed by atoms with Gasteiger partial charge in [0.2, 0.25) is 0 Å². The minimum absolute atomic E-state index is 0.132. The van der Waals surface area contributed by atoms with Gasteiger partial charge in [0.25, 0.3) is 0 Å². The molecule has 0 spiro atoms. The van der Waals surface area contributed by atoms with Crippen LogP contribution in [0.5, 0.6) is 17.2 Å². The van der Waals surface area contributed by atoms with Crippen molar-refractivity contribution >= 4 is 29.2 Å². The Bertz CT molecular complexity index is 1010. The molecule has 0 fully saturated rings. The second-order valence-corrected chi connectivity index (χ2v) is 6.68. The smallest absolute Gasteiger partial charge is 0.343 e. The lowest BCUT2D eigenvalue weighted by atomic mass is 10.1. The Morgan fingerprint density at radius 2 is 1.71 bits per heavy atom. The van der Waals surface area contributed by atoms with Gasteiger partial charge in [-0.2, -0.15) is 0 Å². The van der Waals surface area contributed by atoms with E-state index in [-0.39, 0.29) is 17.1 Å². The molecule has 0 radical (unpaired) electrons. The summed E-state index contributed by atoms with van der Waals surface area (Å²) >= 11 is 1.53. The van der Waals surface area contributed by atoms with Crippen molar-refractivity contribution in [3.63, 3.8) is 0 Å². The molecule has 142 valence electrons. The highest BCUT2D eigenvalue weighted by Gasteiger charge is 2.17. The molecule has 1 heterocycles. The van der Waals surface area contributed by atoms with Crippen molar-refractivity contribution in [3.05, 3.63) is 82.1 Å². The van der Waals surface area contributed by atoms with Gasteiger partial charge in [0, 0.05) is 10.9 Å². The molecule has 28 heavy (non-hydrogen) atoms. The van der Waals surface area contributed by atoms with E-state index in [1.54, 1.807) is 42.5 Å². The molecular weight excluding hydrogens is 376 g/mol. The van der Waals surface area contributed by atoms with Crippen molar-refractivity contribution in [2.45, 2.75) is 0 Å². The minimum Gasteiger partial charge on any atom is -0.497 e. The zero-order valence-electron chi connectivity index (χ0n) is 15.4. The van der Waals surface area contributed by atoms with Gasteiger partial charge in [0.15, 0.2) is 5.78 Å². The van der Waals surface area contributed by atoms with Crippen molar-refractivity contribution in [1.29, 1.82) is 0 Å². The summed E-state index contributed by atoms with van der Waals surface area (Å²) in [5, 5.41) is 1.93. The fourth-order valence-corrected chi connectivity index (χ4v) is 3.08. The summed E-state index contributed by atoms with van der Waals surface area (Å²) in [6, 6.07) is 15.2. The third-order valence-electron chi connectivity index (χ3n) is 3.90. The molecule has 3 rings (SSSR count). The van der Waals surface area contributed by atoms with Crippen molar-refractivity contribution in [3.8, 4) is 17.2 Å². The van der Waals surface area contributed by atoms with E-state index in [2.05, 4.69) is 0 Å². The van der Waals surface area contributed by atoms with Crippen LogP contribution in [0.3, 0.4) is 0 Å². The normalized spacial score (nSPS) is 10.6. The van der Waals surface area contributed by atoms with Gasteiger partial charge < -0.3 is 14.2 Å². The number of thiophene rings is 1. The van der Waals surface area contributed by atoms with Crippen LogP contribution >= 0.6 is 11.3 Å². The summed E-state index contributed by atoms with van der Waals surface area (Å²) in [6.45, 7) is 0. The van der Waals surface area contributed by atoms with E-state index in [0.29, 0.717) is 17.1 Å². The number of hydrogen-bond acceptors (Lipinski definition) is 6. The fourth-order valence-electron chi connectivity index (χ4n) is 2.46. The minimum atomic E-state index is -0.594. The predicted octanol–water partition coefficient (Wildman–Crippen LogP) is 4.88. The molecule has 0 N–H and O–H groups in total. The summed E-state index contributed by atoms with van der Waals surface area (Å²) in [5.74, 6) is 0.281. The van der Waals surface area contributed by atoms with Gasteiger partial charge in [-0.25, -0.2) is 4.79 Å². The Morgan fingerprint density at radius 1 is 0.929 bits per heavy atom. The monoisotopic (exact) mass is 394 g/mol. The molecule has 0 atom stereocenters. The Balaban J connectivity index is 1.88. The van der Waals surface area contributed by atoms with Crippen molar-refractivity contribution in [1.82, 2.24) is 0 Å². The molecule has 5 nitrogen and oxygen atoms in total. The molecule has 0 saturated carbocycles. The maximum absolute atomic E-state index is 12.6. The zero-order valence-corrected chi connectivity index (χ0v) is 16.2. The van der Waals surface area contributed by atoms with Gasteiger partial charge in [-0.15, -0.1) is 11.3 Å². The number of methoxy groups -OCH3 is 2. The number of esters is 1. The van der Waals surface area contributed by atoms with E-state index < -0.39 is 5.97 Å². The first kappa shape index (κ1) is 19.4. The second-order valence-electron chi connectivity index (χ2n) is 5.70. The van der Waals surface area contributed by atoms with Crippen LogP contribution in [0.25, 0.3) is 6.08 Å². The number of ketones is 1. The molecule has 6 heteroatoms. The molecule has 0 bridgehead atoms. The molecule has 0 unspecified atom stereocenters. The number of allylic oxidation sites excluding steroid dienone is 1. The number of ether oxygens (including phenoxy) is 3. The predicted molar refractivity (Wildman–Crippen MR) is 109 cm³/mol. The zero-order chi connectivity index (χ0) is 19.9. The van der Waals surface area contributed by atoms with Crippen LogP contribution in [0, 0.1) is 0 Å². The van der Waals surface area contributed by atoms with Gasteiger partial charge in [0.05, 0.1) is 25.3 Å². The molecule has 0 aliphatic rings. The van der Waals surface area contributed by atoms with E-state index >= 15 is 0 Å². The van der Waals surface area contributed by atoms with Crippen LogP contribution in [-0.2, 0) is 0 Å².